The minimum Gasteiger partial charge on any atom is -0.464 e. The Morgan fingerprint density at radius 1 is 1.38 bits per heavy atom. The van der Waals surface area contributed by atoms with Crippen molar-refractivity contribution in [3.8, 4) is 0 Å². The first-order chi connectivity index (χ1) is 10.1. The quantitative estimate of drug-likeness (QED) is 0.833. The predicted molar refractivity (Wildman–Crippen MR) is 81.3 cm³/mol. The summed E-state index contributed by atoms with van der Waals surface area (Å²) >= 11 is 3.32. The Morgan fingerprint density at radius 3 is 2.71 bits per heavy atom. The highest BCUT2D eigenvalue weighted by atomic mass is 79.9. The van der Waals surface area contributed by atoms with Gasteiger partial charge in [0.05, 0.1) is 6.61 Å². The van der Waals surface area contributed by atoms with Crippen LogP contribution in [-0.2, 0) is 9.53 Å². The van der Waals surface area contributed by atoms with E-state index >= 15 is 0 Å². The van der Waals surface area contributed by atoms with Gasteiger partial charge < -0.3 is 10.1 Å². The Bertz CT molecular complexity index is 619. The van der Waals surface area contributed by atoms with E-state index in [-0.39, 0.29) is 12.4 Å². The van der Waals surface area contributed by atoms with Crippen molar-refractivity contribution in [1.29, 1.82) is 0 Å². The second kappa shape index (κ2) is 7.17. The molecule has 1 atom stereocenters. The monoisotopic (exact) mass is 352 g/mol. The standard InChI is InChI=1S/C15H14BrFN2O2/c1-2-21-15(20)14(10-7-11(16)9-18-8-10)19-13-5-3-12(17)4-6-13/h3-9,14,19H,2H2,1H3. The number of nitrogens with zero attached hydrogens (tertiary/aromatic N) is 1. The molecule has 110 valence electrons. The number of halogens is 2. The van der Waals surface area contributed by atoms with E-state index in [4.69, 9.17) is 4.74 Å². The average molecular weight is 353 g/mol. The van der Waals surface area contributed by atoms with Crippen LogP contribution in [0, 0.1) is 5.82 Å². The molecule has 2 rings (SSSR count). The van der Waals surface area contributed by atoms with Crippen LogP contribution in [0.15, 0.2) is 47.2 Å². The van der Waals surface area contributed by atoms with Crippen molar-refractivity contribution in [2.45, 2.75) is 13.0 Å². The number of anilines is 1. The topological polar surface area (TPSA) is 51.2 Å². The fourth-order valence-electron chi connectivity index (χ4n) is 1.80. The minimum absolute atomic E-state index is 0.280. The highest BCUT2D eigenvalue weighted by molar-refractivity contribution is 9.10. The molecule has 1 heterocycles. The number of hydrogen-bond donors (Lipinski definition) is 1. The summed E-state index contributed by atoms with van der Waals surface area (Å²) in [6.07, 6.45) is 3.21. The first-order valence-corrected chi connectivity index (χ1v) is 7.18. The molecule has 1 unspecified atom stereocenters. The Balaban J connectivity index is 2.27. The third kappa shape index (κ3) is 4.26. The molecule has 0 saturated heterocycles. The van der Waals surface area contributed by atoms with Crippen molar-refractivity contribution in [3.05, 3.63) is 58.6 Å². The van der Waals surface area contributed by atoms with Crippen molar-refractivity contribution in [1.82, 2.24) is 4.98 Å². The molecule has 2 aromatic rings. The first-order valence-electron chi connectivity index (χ1n) is 6.39. The van der Waals surface area contributed by atoms with Gasteiger partial charge in [0.1, 0.15) is 5.82 Å². The minimum atomic E-state index is -0.708. The molecule has 4 nitrogen and oxygen atoms in total. The summed E-state index contributed by atoms with van der Waals surface area (Å²) in [6.45, 7) is 2.02. The Kier molecular flexibility index (Phi) is 5.27. The van der Waals surface area contributed by atoms with Gasteiger partial charge in [0.25, 0.3) is 0 Å². The van der Waals surface area contributed by atoms with E-state index in [0.717, 1.165) is 4.47 Å². The van der Waals surface area contributed by atoms with E-state index in [1.54, 1.807) is 37.5 Å². The van der Waals surface area contributed by atoms with E-state index in [0.29, 0.717) is 11.3 Å². The molecule has 0 aliphatic rings. The van der Waals surface area contributed by atoms with Crippen LogP contribution in [0.3, 0.4) is 0 Å². The van der Waals surface area contributed by atoms with Gasteiger partial charge in [-0.25, -0.2) is 9.18 Å². The zero-order valence-electron chi connectivity index (χ0n) is 11.3. The van der Waals surface area contributed by atoms with Gasteiger partial charge in [0.15, 0.2) is 6.04 Å². The molecule has 0 bridgehead atoms. The van der Waals surface area contributed by atoms with Crippen LogP contribution in [0.25, 0.3) is 0 Å². The van der Waals surface area contributed by atoms with Crippen molar-refractivity contribution < 1.29 is 13.9 Å². The van der Waals surface area contributed by atoms with Crippen molar-refractivity contribution in [2.24, 2.45) is 0 Å². The number of hydrogen-bond acceptors (Lipinski definition) is 4. The average Bonchev–Trinajstić information content (AvgIpc) is 2.47. The lowest BCUT2D eigenvalue weighted by Crippen LogP contribution is -2.23. The van der Waals surface area contributed by atoms with Gasteiger partial charge in [0.2, 0.25) is 0 Å². The lowest BCUT2D eigenvalue weighted by Gasteiger charge is -2.18. The molecular formula is C15H14BrFN2O2. The largest absolute Gasteiger partial charge is 0.464 e. The second-order valence-electron chi connectivity index (χ2n) is 4.27. The van der Waals surface area contributed by atoms with Gasteiger partial charge in [-0.1, -0.05) is 0 Å². The third-order valence-electron chi connectivity index (χ3n) is 2.74. The molecule has 1 N–H and O–H groups in total. The van der Waals surface area contributed by atoms with Crippen LogP contribution in [0.2, 0.25) is 0 Å². The molecular weight excluding hydrogens is 339 g/mol. The Labute approximate surface area is 130 Å². The highest BCUT2D eigenvalue weighted by Gasteiger charge is 2.22. The molecule has 0 aliphatic heterocycles. The number of aromatic nitrogens is 1. The van der Waals surface area contributed by atoms with Crippen molar-refractivity contribution in [3.63, 3.8) is 0 Å². The summed E-state index contributed by atoms with van der Waals surface area (Å²) < 4.78 is 18.8. The molecule has 0 fully saturated rings. The van der Waals surface area contributed by atoms with E-state index in [1.807, 2.05) is 0 Å². The van der Waals surface area contributed by atoms with Gasteiger partial charge in [0, 0.05) is 28.1 Å². The van der Waals surface area contributed by atoms with Crippen LogP contribution in [0.4, 0.5) is 10.1 Å². The summed E-state index contributed by atoms with van der Waals surface area (Å²) in [5.74, 6) is -0.751. The first kappa shape index (κ1) is 15.4. The number of carbonyl (C=O) groups excluding carboxylic acids is 1. The van der Waals surface area contributed by atoms with E-state index in [1.165, 1.54) is 12.1 Å². The summed E-state index contributed by atoms with van der Waals surface area (Å²) in [5.41, 5.74) is 1.28. The fourth-order valence-corrected chi connectivity index (χ4v) is 2.19. The molecule has 0 radical (unpaired) electrons. The van der Waals surface area contributed by atoms with E-state index in [2.05, 4.69) is 26.2 Å². The number of rotatable bonds is 5. The van der Waals surface area contributed by atoms with E-state index < -0.39 is 12.0 Å². The Morgan fingerprint density at radius 2 is 2.10 bits per heavy atom. The SMILES string of the molecule is CCOC(=O)C(Nc1ccc(F)cc1)c1cncc(Br)c1. The summed E-state index contributed by atoms with van der Waals surface area (Å²) in [5, 5.41) is 3.03. The number of pyridine rings is 1. The predicted octanol–water partition coefficient (Wildman–Crippen LogP) is 3.70. The number of benzene rings is 1. The highest BCUT2D eigenvalue weighted by Crippen LogP contribution is 2.23. The molecule has 21 heavy (non-hydrogen) atoms. The van der Waals surface area contributed by atoms with Gasteiger partial charge >= 0.3 is 5.97 Å². The Hall–Kier alpha value is -1.95. The van der Waals surface area contributed by atoms with Gasteiger partial charge in [-0.3, -0.25) is 4.98 Å². The maximum absolute atomic E-state index is 12.9. The van der Waals surface area contributed by atoms with E-state index in [9.17, 15) is 9.18 Å². The van der Waals surface area contributed by atoms with Gasteiger partial charge in [-0.2, -0.15) is 0 Å². The van der Waals surface area contributed by atoms with Crippen molar-refractivity contribution >= 4 is 27.6 Å². The number of carbonyl (C=O) groups is 1. The maximum atomic E-state index is 12.9. The molecule has 6 heteroatoms. The van der Waals surface area contributed by atoms with Gasteiger partial charge in [-0.05, 0) is 53.2 Å². The maximum Gasteiger partial charge on any atom is 0.333 e. The second-order valence-corrected chi connectivity index (χ2v) is 5.19. The lowest BCUT2D eigenvalue weighted by atomic mass is 10.1. The van der Waals surface area contributed by atoms with Crippen LogP contribution in [-0.4, -0.2) is 17.6 Å². The molecule has 0 aliphatic carbocycles. The zero-order chi connectivity index (χ0) is 15.2. The summed E-state index contributed by atoms with van der Waals surface area (Å²) in [6, 6.07) is 6.85. The summed E-state index contributed by atoms with van der Waals surface area (Å²) in [7, 11) is 0. The molecule has 0 saturated carbocycles. The zero-order valence-corrected chi connectivity index (χ0v) is 12.9. The van der Waals surface area contributed by atoms with Crippen LogP contribution in [0.1, 0.15) is 18.5 Å². The van der Waals surface area contributed by atoms with Gasteiger partial charge in [-0.15, -0.1) is 0 Å². The molecule has 0 amide bonds. The number of esters is 1. The smallest absolute Gasteiger partial charge is 0.333 e. The number of nitrogens with one attached hydrogen (secondary N) is 1. The van der Waals surface area contributed by atoms with Crippen LogP contribution in [0.5, 0.6) is 0 Å². The summed E-state index contributed by atoms with van der Waals surface area (Å²) in [4.78, 5) is 16.2. The van der Waals surface area contributed by atoms with Crippen LogP contribution >= 0.6 is 15.9 Å². The fraction of sp³-hybridized carbons (Fsp3) is 0.200. The number of ether oxygens (including phenoxy) is 1. The van der Waals surface area contributed by atoms with Crippen LogP contribution < -0.4 is 5.32 Å². The molecule has 0 spiro atoms. The molecule has 1 aromatic carbocycles. The normalized spacial score (nSPS) is 11.8. The third-order valence-corrected chi connectivity index (χ3v) is 3.17. The lowest BCUT2D eigenvalue weighted by molar-refractivity contribution is -0.144. The van der Waals surface area contributed by atoms with Crippen molar-refractivity contribution in [2.75, 3.05) is 11.9 Å². The molecule has 1 aromatic heterocycles.